The lowest BCUT2D eigenvalue weighted by molar-refractivity contribution is -0.321. The molecule has 178 valence electrons. The molecule has 0 aliphatic carbocycles. The molecule has 0 bridgehead atoms. The number of aliphatic hydroxyl groups is 3. The summed E-state index contributed by atoms with van der Waals surface area (Å²) in [6, 6.07) is 9.93. The molecule has 3 N–H and O–H groups in total. The van der Waals surface area contributed by atoms with Crippen LogP contribution in [0, 0.1) is 0 Å². The standard InChI is InChI=1S/C29H44O3/c1-23(2)12-10-14-25(5)18-20-28(22-29(30,31)32,27-16-8-7-9-17-27)21-19-26(6)15-11-13-24(3)4/h7-9,12-13,16-19,30-32H,10-11,14-15,20-22H2,1-6H3. The van der Waals surface area contributed by atoms with E-state index in [1.165, 1.54) is 22.3 Å². The van der Waals surface area contributed by atoms with E-state index in [9.17, 15) is 15.3 Å². The summed E-state index contributed by atoms with van der Waals surface area (Å²) in [5.74, 6) is -2.73. The van der Waals surface area contributed by atoms with E-state index in [0.29, 0.717) is 12.8 Å². The Bertz CT molecular complexity index is 757. The molecule has 0 atom stereocenters. The third-order valence-corrected chi connectivity index (χ3v) is 5.83. The fourth-order valence-electron chi connectivity index (χ4n) is 3.93. The number of hydrogen-bond acceptors (Lipinski definition) is 3. The predicted octanol–water partition coefficient (Wildman–Crippen LogP) is 7.11. The van der Waals surface area contributed by atoms with E-state index in [2.05, 4.69) is 65.8 Å². The fraction of sp³-hybridized carbons (Fsp3) is 0.517. The molecule has 3 nitrogen and oxygen atoms in total. The van der Waals surface area contributed by atoms with Crippen LogP contribution in [-0.4, -0.2) is 21.3 Å². The maximum atomic E-state index is 10.0. The highest BCUT2D eigenvalue weighted by molar-refractivity contribution is 5.29. The Kier molecular flexibility index (Phi) is 11.9. The van der Waals surface area contributed by atoms with Crippen molar-refractivity contribution in [1.29, 1.82) is 0 Å². The molecule has 0 aliphatic rings. The van der Waals surface area contributed by atoms with Gasteiger partial charge in [0.05, 0.1) is 0 Å². The normalized spacial score (nSPS) is 14.7. The van der Waals surface area contributed by atoms with Gasteiger partial charge in [-0.2, -0.15) is 0 Å². The van der Waals surface area contributed by atoms with Crippen molar-refractivity contribution in [1.82, 2.24) is 0 Å². The zero-order valence-electron chi connectivity index (χ0n) is 21.0. The van der Waals surface area contributed by atoms with Crippen molar-refractivity contribution in [3.63, 3.8) is 0 Å². The lowest BCUT2D eigenvalue weighted by Crippen LogP contribution is -2.39. The molecule has 32 heavy (non-hydrogen) atoms. The average molecular weight is 441 g/mol. The first kappa shape index (κ1) is 28.1. The van der Waals surface area contributed by atoms with Gasteiger partial charge in [0, 0.05) is 11.8 Å². The second kappa shape index (κ2) is 13.6. The van der Waals surface area contributed by atoms with Crippen molar-refractivity contribution < 1.29 is 15.3 Å². The summed E-state index contributed by atoms with van der Waals surface area (Å²) in [5.41, 5.74) is 5.56. The Labute approximate surface area is 195 Å². The summed E-state index contributed by atoms with van der Waals surface area (Å²) < 4.78 is 0. The molecule has 0 aliphatic heterocycles. The van der Waals surface area contributed by atoms with Crippen LogP contribution < -0.4 is 0 Å². The van der Waals surface area contributed by atoms with Gasteiger partial charge in [-0.1, -0.05) is 76.9 Å². The summed E-state index contributed by atoms with van der Waals surface area (Å²) >= 11 is 0. The van der Waals surface area contributed by atoms with Crippen LogP contribution in [0.2, 0.25) is 0 Å². The maximum absolute atomic E-state index is 10.0. The highest BCUT2D eigenvalue weighted by atomic mass is 16.7. The van der Waals surface area contributed by atoms with E-state index in [0.717, 1.165) is 31.2 Å². The lowest BCUT2D eigenvalue weighted by atomic mass is 9.71. The molecule has 0 radical (unpaired) electrons. The summed E-state index contributed by atoms with van der Waals surface area (Å²) in [7, 11) is 0. The van der Waals surface area contributed by atoms with Crippen molar-refractivity contribution in [2.24, 2.45) is 0 Å². The zero-order valence-corrected chi connectivity index (χ0v) is 21.0. The molecular formula is C29H44O3. The molecule has 0 saturated carbocycles. The van der Waals surface area contributed by atoms with Gasteiger partial charge in [0.15, 0.2) is 0 Å². The van der Waals surface area contributed by atoms with Crippen LogP contribution in [0.4, 0.5) is 0 Å². The monoisotopic (exact) mass is 440 g/mol. The largest absolute Gasteiger partial charge is 0.344 e. The van der Waals surface area contributed by atoms with Crippen molar-refractivity contribution in [3.8, 4) is 0 Å². The summed E-state index contributed by atoms with van der Waals surface area (Å²) in [6.07, 6.45) is 13.9. The van der Waals surface area contributed by atoms with Gasteiger partial charge in [-0.15, -0.1) is 0 Å². The van der Waals surface area contributed by atoms with Crippen molar-refractivity contribution >= 4 is 0 Å². The zero-order chi connectivity index (χ0) is 24.2. The molecule has 0 saturated heterocycles. The molecule has 0 heterocycles. The van der Waals surface area contributed by atoms with Gasteiger partial charge in [-0.05, 0) is 85.6 Å². The van der Waals surface area contributed by atoms with Gasteiger partial charge in [0.25, 0.3) is 5.97 Å². The third-order valence-electron chi connectivity index (χ3n) is 5.83. The van der Waals surface area contributed by atoms with E-state index in [1.807, 2.05) is 30.3 Å². The van der Waals surface area contributed by atoms with Gasteiger partial charge in [0.2, 0.25) is 0 Å². The second-order valence-corrected chi connectivity index (χ2v) is 9.75. The van der Waals surface area contributed by atoms with Gasteiger partial charge >= 0.3 is 0 Å². The van der Waals surface area contributed by atoms with Crippen LogP contribution in [0.15, 0.2) is 76.9 Å². The lowest BCUT2D eigenvalue weighted by Gasteiger charge is -2.36. The predicted molar refractivity (Wildman–Crippen MR) is 136 cm³/mol. The minimum absolute atomic E-state index is 0.153. The number of hydrogen-bond donors (Lipinski definition) is 3. The van der Waals surface area contributed by atoms with Gasteiger partial charge in [0.1, 0.15) is 0 Å². The first-order valence-corrected chi connectivity index (χ1v) is 11.7. The number of benzene rings is 1. The summed E-state index contributed by atoms with van der Waals surface area (Å²) in [6.45, 7) is 12.7. The van der Waals surface area contributed by atoms with Crippen LogP contribution in [0.3, 0.4) is 0 Å². The Morgan fingerprint density at radius 1 is 0.688 bits per heavy atom. The third kappa shape index (κ3) is 11.6. The molecule has 3 heteroatoms. The molecule has 1 rings (SSSR count). The molecule has 0 amide bonds. The molecule has 0 spiro atoms. The van der Waals surface area contributed by atoms with Crippen LogP contribution >= 0.6 is 0 Å². The van der Waals surface area contributed by atoms with Crippen LogP contribution in [-0.2, 0) is 5.41 Å². The first-order valence-electron chi connectivity index (χ1n) is 11.7. The van der Waals surface area contributed by atoms with E-state index in [-0.39, 0.29) is 6.42 Å². The van der Waals surface area contributed by atoms with Crippen LogP contribution in [0.5, 0.6) is 0 Å². The quantitative estimate of drug-likeness (QED) is 0.226. The molecule has 0 unspecified atom stereocenters. The van der Waals surface area contributed by atoms with E-state index >= 15 is 0 Å². The van der Waals surface area contributed by atoms with Crippen molar-refractivity contribution in [2.45, 2.75) is 97.9 Å². The Morgan fingerprint density at radius 2 is 1.12 bits per heavy atom. The van der Waals surface area contributed by atoms with Crippen LogP contribution in [0.1, 0.15) is 92.1 Å². The molecule has 0 fully saturated rings. The Morgan fingerprint density at radius 3 is 1.50 bits per heavy atom. The smallest absolute Gasteiger partial charge is 0.276 e. The van der Waals surface area contributed by atoms with Crippen molar-refractivity contribution in [3.05, 3.63) is 82.5 Å². The van der Waals surface area contributed by atoms with E-state index < -0.39 is 11.4 Å². The Hall–Kier alpha value is -1.94. The minimum Gasteiger partial charge on any atom is -0.344 e. The van der Waals surface area contributed by atoms with Gasteiger partial charge in [-0.25, -0.2) is 0 Å². The van der Waals surface area contributed by atoms with E-state index in [1.54, 1.807) is 0 Å². The van der Waals surface area contributed by atoms with Crippen LogP contribution in [0.25, 0.3) is 0 Å². The Balaban J connectivity index is 3.23. The van der Waals surface area contributed by atoms with Gasteiger partial charge < -0.3 is 15.3 Å². The second-order valence-electron chi connectivity index (χ2n) is 9.75. The summed E-state index contributed by atoms with van der Waals surface area (Å²) in [4.78, 5) is 0. The fourth-order valence-corrected chi connectivity index (χ4v) is 3.93. The van der Waals surface area contributed by atoms with Gasteiger partial charge in [-0.3, -0.25) is 0 Å². The number of rotatable bonds is 13. The van der Waals surface area contributed by atoms with E-state index in [4.69, 9.17) is 0 Å². The molecule has 1 aromatic carbocycles. The van der Waals surface area contributed by atoms with Crippen molar-refractivity contribution in [2.75, 3.05) is 0 Å². The maximum Gasteiger partial charge on any atom is 0.276 e. The molecular weight excluding hydrogens is 396 g/mol. The molecule has 1 aromatic rings. The molecule has 0 aromatic heterocycles. The SMILES string of the molecule is CC(C)=CCCC(C)=CCC(CC=C(C)CCC=C(C)C)(CC(O)(O)O)c1ccccc1. The minimum atomic E-state index is -2.73. The topological polar surface area (TPSA) is 60.7 Å². The average Bonchev–Trinajstić information content (AvgIpc) is 2.69. The first-order chi connectivity index (χ1) is 14.9. The highest BCUT2D eigenvalue weighted by Crippen LogP contribution is 2.40. The number of allylic oxidation sites excluding steroid dienone is 8. The summed E-state index contributed by atoms with van der Waals surface area (Å²) in [5, 5.41) is 30.0. The highest BCUT2D eigenvalue weighted by Gasteiger charge is 2.38.